The van der Waals surface area contributed by atoms with Crippen LogP contribution in [0.4, 0.5) is 13.2 Å². The van der Waals surface area contributed by atoms with E-state index in [-0.39, 0.29) is 16.3 Å². The van der Waals surface area contributed by atoms with Crippen LogP contribution < -0.4 is 0 Å². The third-order valence-corrected chi connectivity index (χ3v) is 7.64. The second-order valence-electron chi connectivity index (χ2n) is 6.99. The molecule has 0 radical (unpaired) electrons. The first-order valence-corrected chi connectivity index (χ1v) is 11.4. The zero-order chi connectivity index (χ0) is 21.0. The summed E-state index contributed by atoms with van der Waals surface area (Å²) in [6, 6.07) is 4.23. The SMILES string of the molecule is O=C(Cl)c1sc(C2=NOC(c3cc(Cl)cc(I)c3)(C(F)(F)F)C2)c2c1CCCC2. The van der Waals surface area contributed by atoms with Gasteiger partial charge in [-0.2, -0.15) is 13.2 Å². The Morgan fingerprint density at radius 1 is 1.21 bits per heavy atom. The lowest BCUT2D eigenvalue weighted by Gasteiger charge is -2.29. The van der Waals surface area contributed by atoms with Gasteiger partial charge in [0.1, 0.15) is 5.71 Å². The van der Waals surface area contributed by atoms with Gasteiger partial charge in [0.25, 0.3) is 10.8 Å². The van der Waals surface area contributed by atoms with E-state index in [0.29, 0.717) is 26.2 Å². The Balaban J connectivity index is 1.79. The van der Waals surface area contributed by atoms with Gasteiger partial charge in [0.15, 0.2) is 0 Å². The zero-order valence-corrected chi connectivity index (χ0v) is 19.2. The average Bonchev–Trinajstić information content (AvgIpc) is 3.23. The Labute approximate surface area is 192 Å². The van der Waals surface area contributed by atoms with Crippen LogP contribution in [0.25, 0.3) is 0 Å². The molecule has 0 amide bonds. The maximum atomic E-state index is 14.2. The number of alkyl halides is 3. The van der Waals surface area contributed by atoms with Gasteiger partial charge in [0.05, 0.1) is 16.2 Å². The molecule has 0 N–H and O–H groups in total. The second-order valence-corrected chi connectivity index (χ2v) is 10.0. The van der Waals surface area contributed by atoms with Gasteiger partial charge in [-0.25, -0.2) is 0 Å². The Kier molecular flexibility index (Phi) is 5.67. The highest BCUT2D eigenvalue weighted by Gasteiger charge is 2.62. The topological polar surface area (TPSA) is 38.7 Å². The van der Waals surface area contributed by atoms with Crippen LogP contribution in [0.3, 0.4) is 0 Å². The van der Waals surface area contributed by atoms with E-state index in [1.807, 2.05) is 22.6 Å². The highest BCUT2D eigenvalue weighted by molar-refractivity contribution is 14.1. The number of thiophene rings is 1. The molecular weight excluding hydrogens is 561 g/mol. The number of rotatable bonds is 3. The molecule has 154 valence electrons. The van der Waals surface area contributed by atoms with Crippen molar-refractivity contribution in [2.24, 2.45) is 5.16 Å². The average molecular weight is 574 g/mol. The normalized spacial score (nSPS) is 21.5. The maximum Gasteiger partial charge on any atom is 0.435 e. The Bertz CT molecular complexity index is 1020. The Morgan fingerprint density at radius 2 is 1.90 bits per heavy atom. The van der Waals surface area contributed by atoms with Gasteiger partial charge in [0.2, 0.25) is 0 Å². The van der Waals surface area contributed by atoms with Gasteiger partial charge in [-0.3, -0.25) is 4.79 Å². The molecule has 2 heterocycles. The quantitative estimate of drug-likeness (QED) is 0.298. The smallest absolute Gasteiger partial charge is 0.374 e. The van der Waals surface area contributed by atoms with Crippen LogP contribution in [0, 0.1) is 3.57 Å². The monoisotopic (exact) mass is 573 g/mol. The molecule has 0 saturated heterocycles. The third-order valence-electron chi connectivity index (χ3n) is 5.18. The minimum absolute atomic E-state index is 0.0975. The summed E-state index contributed by atoms with van der Waals surface area (Å²) < 4.78 is 43.2. The summed E-state index contributed by atoms with van der Waals surface area (Å²) in [6.45, 7) is 0. The van der Waals surface area contributed by atoms with Crippen molar-refractivity contribution >= 4 is 68.1 Å². The summed E-state index contributed by atoms with van der Waals surface area (Å²) in [5, 5.41) is 3.45. The maximum absolute atomic E-state index is 14.2. The fourth-order valence-electron chi connectivity index (χ4n) is 3.84. The summed E-state index contributed by atoms with van der Waals surface area (Å²) in [7, 11) is 0. The molecule has 10 heteroatoms. The summed E-state index contributed by atoms with van der Waals surface area (Å²) in [4.78, 5) is 17.9. The van der Waals surface area contributed by atoms with Gasteiger partial charge in [-0.1, -0.05) is 16.8 Å². The molecule has 1 aliphatic heterocycles. The molecular formula is C19H13Cl2F3INO2S. The molecule has 2 aliphatic rings. The number of carbonyl (C=O) groups is 1. The van der Waals surface area contributed by atoms with Crippen LogP contribution in [-0.2, 0) is 23.3 Å². The van der Waals surface area contributed by atoms with Gasteiger partial charge in [0, 0.05) is 14.2 Å². The molecule has 1 unspecified atom stereocenters. The lowest BCUT2D eigenvalue weighted by atomic mass is 9.85. The lowest BCUT2D eigenvalue weighted by molar-refractivity contribution is -0.275. The van der Waals surface area contributed by atoms with Crippen molar-refractivity contribution in [3.8, 4) is 0 Å². The van der Waals surface area contributed by atoms with Crippen LogP contribution in [0.1, 0.15) is 50.5 Å². The lowest BCUT2D eigenvalue weighted by Crippen LogP contribution is -2.42. The largest absolute Gasteiger partial charge is 0.435 e. The molecule has 0 spiro atoms. The third kappa shape index (κ3) is 3.70. The molecule has 1 aromatic heterocycles. The van der Waals surface area contributed by atoms with Crippen molar-refractivity contribution < 1.29 is 22.8 Å². The van der Waals surface area contributed by atoms with Crippen LogP contribution >= 0.6 is 57.1 Å². The highest BCUT2D eigenvalue weighted by atomic mass is 127. The minimum Gasteiger partial charge on any atom is -0.374 e. The van der Waals surface area contributed by atoms with E-state index >= 15 is 0 Å². The highest BCUT2D eigenvalue weighted by Crippen LogP contribution is 2.50. The first-order chi connectivity index (χ1) is 13.6. The number of fused-ring (bicyclic) bond motifs is 1. The number of benzene rings is 1. The number of halogens is 6. The molecule has 4 rings (SSSR count). The van der Waals surface area contributed by atoms with Crippen LogP contribution in [0.2, 0.25) is 5.02 Å². The van der Waals surface area contributed by atoms with E-state index in [9.17, 15) is 18.0 Å². The van der Waals surface area contributed by atoms with Crippen molar-refractivity contribution in [2.45, 2.75) is 43.9 Å². The molecule has 0 saturated carbocycles. The number of nitrogens with zero attached hydrogens (tertiary/aromatic N) is 1. The predicted molar refractivity (Wildman–Crippen MR) is 115 cm³/mol. The van der Waals surface area contributed by atoms with E-state index in [1.54, 1.807) is 6.07 Å². The van der Waals surface area contributed by atoms with E-state index in [1.165, 1.54) is 12.1 Å². The molecule has 29 heavy (non-hydrogen) atoms. The predicted octanol–water partition coefficient (Wildman–Crippen LogP) is 6.85. The fraction of sp³-hybridized carbons (Fsp3) is 0.368. The van der Waals surface area contributed by atoms with Gasteiger partial charge >= 0.3 is 6.18 Å². The molecule has 3 nitrogen and oxygen atoms in total. The molecule has 1 aromatic carbocycles. The second kappa shape index (κ2) is 7.69. The minimum atomic E-state index is -4.71. The fourth-order valence-corrected chi connectivity index (χ4v) is 6.36. The van der Waals surface area contributed by atoms with Crippen molar-refractivity contribution in [3.05, 3.63) is 53.2 Å². The summed E-state index contributed by atoms with van der Waals surface area (Å²) in [5.41, 5.74) is -0.833. The number of hydrogen-bond donors (Lipinski definition) is 0. The Hall–Kier alpha value is -0.840. The molecule has 1 aliphatic carbocycles. The van der Waals surface area contributed by atoms with Crippen LogP contribution in [0.15, 0.2) is 23.4 Å². The van der Waals surface area contributed by atoms with Crippen LogP contribution in [0.5, 0.6) is 0 Å². The van der Waals surface area contributed by atoms with E-state index in [0.717, 1.165) is 35.3 Å². The van der Waals surface area contributed by atoms with Gasteiger partial charge in [-0.15, -0.1) is 11.3 Å². The summed E-state index contributed by atoms with van der Waals surface area (Å²) in [6.07, 6.45) is -2.03. The standard InChI is InChI=1S/C19H13Cl2F3INO2S/c20-10-5-9(6-11(25)7-10)18(19(22,23)24)8-14(26-28-18)15-12-3-1-2-4-13(12)16(29-15)17(21)27/h5-7H,1-4,8H2. The zero-order valence-electron chi connectivity index (χ0n) is 14.7. The first-order valence-electron chi connectivity index (χ1n) is 8.75. The summed E-state index contributed by atoms with van der Waals surface area (Å²) >= 11 is 14.8. The molecule has 0 fully saturated rings. The van der Waals surface area contributed by atoms with Gasteiger partial charge in [-0.05, 0) is 89.2 Å². The van der Waals surface area contributed by atoms with Crippen molar-refractivity contribution in [3.63, 3.8) is 0 Å². The molecule has 2 aromatic rings. The van der Waals surface area contributed by atoms with E-state index in [2.05, 4.69) is 5.16 Å². The van der Waals surface area contributed by atoms with Crippen molar-refractivity contribution in [1.29, 1.82) is 0 Å². The number of hydrogen-bond acceptors (Lipinski definition) is 4. The van der Waals surface area contributed by atoms with Crippen LogP contribution in [-0.4, -0.2) is 17.1 Å². The number of carbonyl (C=O) groups excluding carboxylic acids is 1. The summed E-state index contributed by atoms with van der Waals surface area (Å²) in [5.74, 6) is 0. The van der Waals surface area contributed by atoms with Gasteiger partial charge < -0.3 is 4.84 Å². The molecule has 1 atom stereocenters. The van der Waals surface area contributed by atoms with E-state index in [4.69, 9.17) is 28.0 Å². The molecule has 0 bridgehead atoms. The van der Waals surface area contributed by atoms with E-state index < -0.39 is 23.4 Å². The van der Waals surface area contributed by atoms with Crippen molar-refractivity contribution in [2.75, 3.05) is 0 Å². The first kappa shape index (κ1) is 21.4. The number of oxime groups is 1. The Morgan fingerprint density at radius 3 is 2.52 bits per heavy atom. The van der Waals surface area contributed by atoms with Crippen molar-refractivity contribution in [1.82, 2.24) is 0 Å².